The predicted octanol–water partition coefficient (Wildman–Crippen LogP) is 3.05. The maximum atomic E-state index is 12.1. The fourth-order valence-electron chi connectivity index (χ4n) is 2.49. The van der Waals surface area contributed by atoms with Crippen molar-refractivity contribution in [2.24, 2.45) is 10.7 Å². The van der Waals surface area contributed by atoms with Gasteiger partial charge in [-0.3, -0.25) is 4.99 Å². The number of aliphatic imine (C=N–C) groups is 1. The number of guanidine groups is 1. The average Bonchev–Trinajstić information content (AvgIpc) is 2.65. The lowest BCUT2D eigenvalue weighted by Crippen LogP contribution is -2.23. The lowest BCUT2D eigenvalue weighted by molar-refractivity contribution is 0.355. The number of sulfone groups is 1. The van der Waals surface area contributed by atoms with E-state index < -0.39 is 9.84 Å². The molecule has 0 fully saturated rings. The van der Waals surface area contributed by atoms with E-state index in [1.807, 2.05) is 18.2 Å². The van der Waals surface area contributed by atoms with E-state index in [9.17, 15) is 8.42 Å². The van der Waals surface area contributed by atoms with Crippen LogP contribution in [0.5, 0.6) is 11.5 Å². The van der Waals surface area contributed by atoms with Gasteiger partial charge in [0, 0.05) is 18.3 Å². The molecule has 0 aromatic heterocycles. The van der Waals surface area contributed by atoms with E-state index in [2.05, 4.69) is 10.3 Å². The lowest BCUT2D eigenvalue weighted by Gasteiger charge is -2.11. The molecule has 0 spiro atoms. The first-order valence-corrected chi connectivity index (χ1v) is 10.3. The Morgan fingerprint density at radius 1 is 1.07 bits per heavy atom. The van der Waals surface area contributed by atoms with Crippen LogP contribution in [0, 0.1) is 0 Å². The Kier molecular flexibility index (Phi) is 10.1. The van der Waals surface area contributed by atoms with Gasteiger partial charge in [-0.1, -0.05) is 30.3 Å². The third kappa shape index (κ3) is 7.93. The van der Waals surface area contributed by atoms with Crippen molar-refractivity contribution in [3.8, 4) is 11.5 Å². The largest absolute Gasteiger partial charge is 0.493 e. The van der Waals surface area contributed by atoms with Gasteiger partial charge in [0.25, 0.3) is 0 Å². The van der Waals surface area contributed by atoms with Gasteiger partial charge in [0.05, 0.1) is 25.7 Å². The second-order valence-corrected chi connectivity index (χ2v) is 8.08. The summed E-state index contributed by atoms with van der Waals surface area (Å²) in [6.07, 6.45) is 0.406. The summed E-state index contributed by atoms with van der Waals surface area (Å²) in [5.41, 5.74) is 7.35. The number of anilines is 1. The zero-order valence-electron chi connectivity index (χ0n) is 15.9. The fraction of sp³-hybridized carbons (Fsp3) is 0.316. The van der Waals surface area contributed by atoms with Crippen LogP contribution in [0.3, 0.4) is 0 Å². The number of ether oxygens (including phenoxy) is 2. The van der Waals surface area contributed by atoms with E-state index in [1.165, 1.54) is 0 Å². The van der Waals surface area contributed by atoms with Crippen molar-refractivity contribution in [3.63, 3.8) is 0 Å². The summed E-state index contributed by atoms with van der Waals surface area (Å²) in [6.45, 7) is 0.320. The van der Waals surface area contributed by atoms with Crippen molar-refractivity contribution in [1.29, 1.82) is 0 Å². The number of hydrogen-bond acceptors (Lipinski definition) is 5. The van der Waals surface area contributed by atoms with Gasteiger partial charge < -0.3 is 20.5 Å². The molecule has 0 amide bonds. The van der Waals surface area contributed by atoms with Crippen LogP contribution in [0.1, 0.15) is 12.0 Å². The van der Waals surface area contributed by atoms with E-state index in [4.69, 9.17) is 15.2 Å². The molecule has 28 heavy (non-hydrogen) atoms. The molecule has 154 valence electrons. The van der Waals surface area contributed by atoms with Gasteiger partial charge in [0.15, 0.2) is 27.3 Å². The number of nitrogens with two attached hydrogens (primary N) is 1. The normalized spacial score (nSPS) is 11.4. The molecule has 0 radical (unpaired) electrons. The number of methoxy groups -OCH3 is 2. The standard InChI is InChI=1S/C19H25N3O4S.HI/c1-25-17-10-9-16(13-18(17)26-2)22-19(20)21-11-6-12-27(23,24)14-15-7-4-3-5-8-15;/h3-5,7-10,13H,6,11-12,14H2,1-2H3,(H3,20,21,22);1H. The van der Waals surface area contributed by atoms with Gasteiger partial charge >= 0.3 is 0 Å². The Morgan fingerprint density at radius 3 is 2.39 bits per heavy atom. The van der Waals surface area contributed by atoms with E-state index >= 15 is 0 Å². The Morgan fingerprint density at radius 2 is 1.75 bits per heavy atom. The molecule has 3 N–H and O–H groups in total. The summed E-state index contributed by atoms with van der Waals surface area (Å²) in [4.78, 5) is 4.17. The monoisotopic (exact) mass is 519 g/mol. The van der Waals surface area contributed by atoms with Gasteiger partial charge in [0.2, 0.25) is 0 Å². The van der Waals surface area contributed by atoms with Crippen molar-refractivity contribution in [2.75, 3.05) is 31.8 Å². The highest BCUT2D eigenvalue weighted by molar-refractivity contribution is 14.0. The second-order valence-electron chi connectivity index (χ2n) is 5.89. The molecule has 7 nitrogen and oxygen atoms in total. The van der Waals surface area contributed by atoms with Crippen LogP contribution in [0.2, 0.25) is 0 Å². The molecule has 0 aliphatic carbocycles. The Labute approximate surface area is 183 Å². The first-order chi connectivity index (χ1) is 12.9. The van der Waals surface area contributed by atoms with Gasteiger partial charge in [-0.2, -0.15) is 0 Å². The molecule has 0 saturated carbocycles. The smallest absolute Gasteiger partial charge is 0.193 e. The highest BCUT2D eigenvalue weighted by Gasteiger charge is 2.11. The van der Waals surface area contributed by atoms with Crippen LogP contribution in [0.25, 0.3) is 0 Å². The molecule has 0 bridgehead atoms. The van der Waals surface area contributed by atoms with Crippen molar-refractivity contribution in [1.82, 2.24) is 0 Å². The van der Waals surface area contributed by atoms with Crippen LogP contribution in [-0.4, -0.2) is 40.9 Å². The van der Waals surface area contributed by atoms with Gasteiger partial charge in [-0.25, -0.2) is 8.42 Å². The number of halogens is 1. The Bertz CT molecular complexity index is 874. The molecule has 0 atom stereocenters. The number of benzene rings is 2. The third-order valence-corrected chi connectivity index (χ3v) is 5.46. The molecule has 2 rings (SSSR count). The SMILES string of the molecule is COc1ccc(NC(N)=NCCCS(=O)(=O)Cc2ccccc2)cc1OC.I. The number of nitrogens with one attached hydrogen (secondary N) is 1. The van der Waals surface area contributed by atoms with Crippen LogP contribution in [0.4, 0.5) is 5.69 Å². The van der Waals surface area contributed by atoms with Crippen molar-refractivity contribution in [3.05, 3.63) is 54.1 Å². The molecule has 0 unspecified atom stereocenters. The second kappa shape index (κ2) is 11.7. The van der Waals surface area contributed by atoms with Crippen molar-refractivity contribution in [2.45, 2.75) is 12.2 Å². The number of nitrogens with zero attached hydrogens (tertiary/aromatic N) is 1. The molecular weight excluding hydrogens is 493 g/mol. The minimum atomic E-state index is -3.17. The Balaban J connectivity index is 0.00000392. The van der Waals surface area contributed by atoms with Gasteiger partial charge in [-0.15, -0.1) is 24.0 Å². The van der Waals surface area contributed by atoms with E-state index in [1.54, 1.807) is 44.6 Å². The third-order valence-electron chi connectivity index (χ3n) is 3.78. The number of hydrogen-bond donors (Lipinski definition) is 2. The predicted molar refractivity (Wildman–Crippen MR) is 124 cm³/mol. The molecule has 0 aliphatic heterocycles. The van der Waals surface area contributed by atoms with Crippen LogP contribution >= 0.6 is 24.0 Å². The fourth-order valence-corrected chi connectivity index (χ4v) is 3.90. The molecule has 0 aliphatic rings. The summed E-state index contributed by atoms with van der Waals surface area (Å²) < 4.78 is 34.7. The molecule has 9 heteroatoms. The maximum absolute atomic E-state index is 12.1. The topological polar surface area (TPSA) is 103 Å². The highest BCUT2D eigenvalue weighted by atomic mass is 127. The van der Waals surface area contributed by atoms with E-state index in [0.717, 1.165) is 5.56 Å². The quantitative estimate of drug-likeness (QED) is 0.229. The Hall–Kier alpha value is -2.01. The molecular formula is C19H26IN3O4S. The molecule has 0 saturated heterocycles. The van der Waals surface area contributed by atoms with Crippen molar-refractivity contribution >= 4 is 45.5 Å². The van der Waals surface area contributed by atoms with Gasteiger partial charge in [-0.05, 0) is 24.1 Å². The maximum Gasteiger partial charge on any atom is 0.193 e. The summed E-state index contributed by atoms with van der Waals surface area (Å²) in [5, 5.41) is 2.95. The summed E-state index contributed by atoms with van der Waals surface area (Å²) >= 11 is 0. The minimum Gasteiger partial charge on any atom is -0.493 e. The van der Waals surface area contributed by atoms with E-state index in [-0.39, 0.29) is 41.4 Å². The van der Waals surface area contributed by atoms with Gasteiger partial charge in [0.1, 0.15) is 0 Å². The highest BCUT2D eigenvalue weighted by Crippen LogP contribution is 2.29. The first-order valence-electron chi connectivity index (χ1n) is 8.47. The van der Waals surface area contributed by atoms with Crippen molar-refractivity contribution < 1.29 is 17.9 Å². The first kappa shape index (κ1) is 24.0. The lowest BCUT2D eigenvalue weighted by atomic mass is 10.2. The van der Waals surface area contributed by atoms with E-state index in [0.29, 0.717) is 30.2 Å². The molecule has 2 aromatic rings. The summed E-state index contributed by atoms with van der Waals surface area (Å²) in [7, 11) is -0.0564. The zero-order chi connectivity index (χ0) is 19.7. The van der Waals surface area contributed by atoms with Crippen LogP contribution < -0.4 is 20.5 Å². The molecule has 0 heterocycles. The number of rotatable bonds is 9. The average molecular weight is 519 g/mol. The minimum absolute atomic E-state index is 0. The van der Waals surface area contributed by atoms with Crippen LogP contribution in [-0.2, 0) is 15.6 Å². The molecule has 2 aromatic carbocycles. The van der Waals surface area contributed by atoms with Crippen LogP contribution in [0.15, 0.2) is 53.5 Å². The summed E-state index contributed by atoms with van der Waals surface area (Å²) in [5.74, 6) is 1.50. The zero-order valence-corrected chi connectivity index (χ0v) is 19.1. The summed E-state index contributed by atoms with van der Waals surface area (Å²) in [6, 6.07) is 14.4.